The van der Waals surface area contributed by atoms with Crippen molar-refractivity contribution in [2.75, 3.05) is 6.54 Å². The Hall–Kier alpha value is -2.09. The van der Waals surface area contributed by atoms with E-state index in [9.17, 15) is 9.59 Å². The number of aromatic nitrogens is 1. The molecule has 1 aliphatic carbocycles. The molecule has 0 spiro atoms. The zero-order valence-corrected chi connectivity index (χ0v) is 9.35. The zero-order chi connectivity index (χ0) is 12.3. The standard InChI is InChI=1S/C12H13N3O2/c13-6-1-7-15(10-3-4-10)12(17)9-2-5-11(16)14-8-9/h2,5,8,10H,1,3-4,7H2,(H,14,16). The first-order valence-corrected chi connectivity index (χ1v) is 5.59. The van der Waals surface area contributed by atoms with E-state index in [1.54, 1.807) is 4.90 Å². The van der Waals surface area contributed by atoms with Crippen LogP contribution in [0, 0.1) is 11.3 Å². The van der Waals surface area contributed by atoms with Gasteiger partial charge in [0.2, 0.25) is 5.56 Å². The third-order valence-corrected chi connectivity index (χ3v) is 2.74. The molecule has 1 heterocycles. The Labute approximate surface area is 98.7 Å². The summed E-state index contributed by atoms with van der Waals surface area (Å²) in [5.74, 6) is -0.112. The summed E-state index contributed by atoms with van der Waals surface area (Å²) in [7, 11) is 0. The molecule has 5 heteroatoms. The predicted octanol–water partition coefficient (Wildman–Crippen LogP) is 0.893. The monoisotopic (exact) mass is 231 g/mol. The smallest absolute Gasteiger partial charge is 0.255 e. The van der Waals surface area contributed by atoms with Crippen molar-refractivity contribution in [3.8, 4) is 6.07 Å². The molecule has 2 rings (SSSR count). The Balaban J connectivity index is 2.13. The minimum atomic E-state index is -0.225. The molecule has 0 atom stereocenters. The molecular weight excluding hydrogens is 218 g/mol. The van der Waals surface area contributed by atoms with E-state index in [-0.39, 0.29) is 17.5 Å². The SMILES string of the molecule is N#CCCN(C(=O)c1ccc(=O)[nH]c1)C1CC1. The van der Waals surface area contributed by atoms with E-state index in [0.717, 1.165) is 12.8 Å². The van der Waals surface area contributed by atoms with Gasteiger partial charge in [0.15, 0.2) is 0 Å². The van der Waals surface area contributed by atoms with Crippen molar-refractivity contribution in [2.45, 2.75) is 25.3 Å². The van der Waals surface area contributed by atoms with Gasteiger partial charge < -0.3 is 9.88 Å². The van der Waals surface area contributed by atoms with Gasteiger partial charge in [-0.2, -0.15) is 5.26 Å². The summed E-state index contributed by atoms with van der Waals surface area (Å²) in [6, 6.07) is 5.16. The van der Waals surface area contributed by atoms with E-state index in [1.807, 2.05) is 6.07 Å². The number of aromatic amines is 1. The highest BCUT2D eigenvalue weighted by Crippen LogP contribution is 2.28. The summed E-state index contributed by atoms with van der Waals surface area (Å²) in [4.78, 5) is 27.2. The van der Waals surface area contributed by atoms with Crippen molar-refractivity contribution in [1.82, 2.24) is 9.88 Å². The Morgan fingerprint density at radius 2 is 2.29 bits per heavy atom. The molecule has 0 bridgehead atoms. The van der Waals surface area contributed by atoms with Crippen LogP contribution in [0.2, 0.25) is 0 Å². The maximum Gasteiger partial charge on any atom is 0.255 e. The minimum absolute atomic E-state index is 0.112. The zero-order valence-electron chi connectivity index (χ0n) is 9.35. The average Bonchev–Trinajstić information content (AvgIpc) is 3.14. The number of hydrogen-bond acceptors (Lipinski definition) is 3. The van der Waals surface area contributed by atoms with Gasteiger partial charge in [0.1, 0.15) is 0 Å². The van der Waals surface area contributed by atoms with Crippen LogP contribution in [0.5, 0.6) is 0 Å². The Morgan fingerprint density at radius 1 is 1.53 bits per heavy atom. The van der Waals surface area contributed by atoms with Gasteiger partial charge in [-0.15, -0.1) is 0 Å². The predicted molar refractivity (Wildman–Crippen MR) is 61.4 cm³/mol. The summed E-state index contributed by atoms with van der Waals surface area (Å²) in [5.41, 5.74) is 0.242. The number of nitriles is 1. The van der Waals surface area contributed by atoms with Crippen LogP contribution in [0.25, 0.3) is 0 Å². The molecule has 5 nitrogen and oxygen atoms in total. The van der Waals surface area contributed by atoms with Crippen LogP contribution in [0.3, 0.4) is 0 Å². The molecule has 1 N–H and O–H groups in total. The highest BCUT2D eigenvalue weighted by molar-refractivity contribution is 5.94. The number of rotatable bonds is 4. The van der Waals surface area contributed by atoms with Crippen LogP contribution in [-0.4, -0.2) is 28.4 Å². The van der Waals surface area contributed by atoms with E-state index >= 15 is 0 Å². The highest BCUT2D eigenvalue weighted by Gasteiger charge is 2.32. The van der Waals surface area contributed by atoms with Gasteiger partial charge in [-0.25, -0.2) is 0 Å². The number of carbonyl (C=O) groups excluding carboxylic acids is 1. The maximum absolute atomic E-state index is 12.1. The first-order chi connectivity index (χ1) is 8.22. The Morgan fingerprint density at radius 3 is 2.82 bits per heavy atom. The molecule has 0 aliphatic heterocycles. The first-order valence-electron chi connectivity index (χ1n) is 5.59. The van der Waals surface area contributed by atoms with Crippen molar-refractivity contribution < 1.29 is 4.79 Å². The van der Waals surface area contributed by atoms with Gasteiger partial charge in [0.25, 0.3) is 5.91 Å². The lowest BCUT2D eigenvalue weighted by Gasteiger charge is -2.20. The second-order valence-corrected chi connectivity index (χ2v) is 4.08. The summed E-state index contributed by atoms with van der Waals surface area (Å²) >= 11 is 0. The molecule has 1 aromatic heterocycles. The number of H-pyrrole nitrogens is 1. The molecule has 1 fully saturated rings. The second-order valence-electron chi connectivity index (χ2n) is 4.08. The van der Waals surface area contributed by atoms with E-state index in [0.29, 0.717) is 18.5 Å². The quantitative estimate of drug-likeness (QED) is 0.836. The number of amides is 1. The lowest BCUT2D eigenvalue weighted by molar-refractivity contribution is 0.0746. The van der Waals surface area contributed by atoms with E-state index < -0.39 is 0 Å². The summed E-state index contributed by atoms with van der Waals surface area (Å²) < 4.78 is 0. The third-order valence-electron chi connectivity index (χ3n) is 2.74. The van der Waals surface area contributed by atoms with Crippen molar-refractivity contribution in [1.29, 1.82) is 5.26 Å². The fourth-order valence-corrected chi connectivity index (χ4v) is 1.72. The van der Waals surface area contributed by atoms with Crippen LogP contribution >= 0.6 is 0 Å². The summed E-state index contributed by atoms with van der Waals surface area (Å²) in [6.45, 7) is 0.457. The van der Waals surface area contributed by atoms with Gasteiger partial charge in [-0.1, -0.05) is 0 Å². The fraction of sp³-hybridized carbons (Fsp3) is 0.417. The normalized spacial score (nSPS) is 14.1. The number of nitrogens with zero attached hydrogens (tertiary/aromatic N) is 2. The van der Waals surface area contributed by atoms with Crippen molar-refractivity contribution in [3.63, 3.8) is 0 Å². The van der Waals surface area contributed by atoms with Crippen LogP contribution in [0.4, 0.5) is 0 Å². The molecule has 1 aromatic rings. The highest BCUT2D eigenvalue weighted by atomic mass is 16.2. The molecule has 0 aromatic carbocycles. The fourth-order valence-electron chi connectivity index (χ4n) is 1.72. The lowest BCUT2D eigenvalue weighted by atomic mass is 10.2. The third kappa shape index (κ3) is 2.72. The van der Waals surface area contributed by atoms with Crippen molar-refractivity contribution in [2.24, 2.45) is 0 Å². The molecule has 1 aliphatic rings. The molecule has 1 saturated carbocycles. The first kappa shape index (κ1) is 11.4. The lowest BCUT2D eigenvalue weighted by Crippen LogP contribution is -2.34. The Kier molecular flexibility index (Phi) is 3.24. The van der Waals surface area contributed by atoms with Crippen LogP contribution in [0.1, 0.15) is 29.6 Å². The van der Waals surface area contributed by atoms with Crippen molar-refractivity contribution in [3.05, 3.63) is 34.2 Å². The molecule has 88 valence electrons. The van der Waals surface area contributed by atoms with Crippen LogP contribution in [-0.2, 0) is 0 Å². The summed E-state index contributed by atoms with van der Waals surface area (Å²) in [5, 5.41) is 8.57. The van der Waals surface area contributed by atoms with Crippen LogP contribution < -0.4 is 5.56 Å². The number of hydrogen-bond donors (Lipinski definition) is 1. The van der Waals surface area contributed by atoms with Gasteiger partial charge in [-0.05, 0) is 18.9 Å². The van der Waals surface area contributed by atoms with E-state index in [4.69, 9.17) is 5.26 Å². The van der Waals surface area contributed by atoms with E-state index in [2.05, 4.69) is 4.98 Å². The van der Waals surface area contributed by atoms with Crippen LogP contribution in [0.15, 0.2) is 23.1 Å². The number of nitrogens with one attached hydrogen (secondary N) is 1. The molecule has 1 amide bonds. The molecule has 0 unspecified atom stereocenters. The van der Waals surface area contributed by atoms with Gasteiger partial charge in [0.05, 0.1) is 18.1 Å². The number of carbonyl (C=O) groups is 1. The topological polar surface area (TPSA) is 77.0 Å². The summed E-state index contributed by atoms with van der Waals surface area (Å²) in [6.07, 6.45) is 3.76. The second kappa shape index (κ2) is 4.83. The molecule has 0 radical (unpaired) electrons. The van der Waals surface area contributed by atoms with Gasteiger partial charge in [0, 0.05) is 24.8 Å². The Bertz CT molecular complexity index is 491. The van der Waals surface area contributed by atoms with E-state index in [1.165, 1.54) is 18.3 Å². The largest absolute Gasteiger partial charge is 0.335 e. The van der Waals surface area contributed by atoms with Gasteiger partial charge in [-0.3, -0.25) is 9.59 Å². The maximum atomic E-state index is 12.1. The average molecular weight is 231 g/mol. The molecule has 17 heavy (non-hydrogen) atoms. The van der Waals surface area contributed by atoms with Crippen molar-refractivity contribution >= 4 is 5.91 Å². The molecule has 0 saturated heterocycles. The minimum Gasteiger partial charge on any atom is -0.335 e. The van der Waals surface area contributed by atoms with Gasteiger partial charge >= 0.3 is 0 Å². The molecular formula is C12H13N3O2. The number of pyridine rings is 1.